The van der Waals surface area contributed by atoms with Crippen molar-refractivity contribution in [1.29, 1.82) is 0 Å². The van der Waals surface area contributed by atoms with Crippen LogP contribution in [0.1, 0.15) is 31.6 Å². The molecule has 0 saturated heterocycles. The molecule has 1 saturated carbocycles. The summed E-state index contributed by atoms with van der Waals surface area (Å²) < 4.78 is 32.5. The molecule has 0 radical (unpaired) electrons. The maximum atomic E-state index is 12.3. The molecule has 7 heteroatoms. The van der Waals surface area contributed by atoms with Gasteiger partial charge in [0.05, 0.1) is 11.0 Å². The van der Waals surface area contributed by atoms with Crippen molar-refractivity contribution in [1.82, 2.24) is 10.0 Å². The van der Waals surface area contributed by atoms with Gasteiger partial charge in [0.2, 0.25) is 10.0 Å². The van der Waals surface area contributed by atoms with Crippen LogP contribution in [-0.4, -0.2) is 33.7 Å². The Labute approximate surface area is 124 Å². The molecule has 0 bridgehead atoms. The van der Waals surface area contributed by atoms with E-state index < -0.39 is 10.0 Å². The maximum Gasteiger partial charge on any atom is 0.241 e. The van der Waals surface area contributed by atoms with Crippen molar-refractivity contribution in [3.63, 3.8) is 0 Å². The molecule has 0 aromatic carbocycles. The fourth-order valence-electron chi connectivity index (χ4n) is 1.87. The quantitative estimate of drug-likeness (QED) is 0.727. The number of sulfonamides is 1. The Morgan fingerprint density at radius 2 is 2.25 bits per heavy atom. The number of ether oxygens (including phenoxy) is 1. The van der Waals surface area contributed by atoms with Crippen LogP contribution in [0.2, 0.25) is 0 Å². The van der Waals surface area contributed by atoms with Gasteiger partial charge in [0, 0.05) is 30.6 Å². The van der Waals surface area contributed by atoms with Crippen molar-refractivity contribution in [2.45, 2.75) is 50.3 Å². The van der Waals surface area contributed by atoms with Crippen LogP contribution >= 0.6 is 11.3 Å². The van der Waals surface area contributed by atoms with Gasteiger partial charge in [-0.25, -0.2) is 13.1 Å². The highest BCUT2D eigenvalue weighted by atomic mass is 32.2. The van der Waals surface area contributed by atoms with Crippen molar-refractivity contribution in [2.75, 3.05) is 13.2 Å². The second-order valence-corrected chi connectivity index (χ2v) is 7.72. The Morgan fingerprint density at radius 3 is 2.90 bits per heavy atom. The molecule has 1 atom stereocenters. The molecule has 1 aliphatic carbocycles. The summed E-state index contributed by atoms with van der Waals surface area (Å²) in [4.78, 5) is 1.26. The smallest absolute Gasteiger partial charge is 0.241 e. The highest BCUT2D eigenvalue weighted by molar-refractivity contribution is 7.89. The molecule has 1 aromatic heterocycles. The van der Waals surface area contributed by atoms with Crippen LogP contribution in [0.25, 0.3) is 0 Å². The fraction of sp³-hybridized carbons (Fsp3) is 0.692. The van der Waals surface area contributed by atoms with E-state index in [-0.39, 0.29) is 6.10 Å². The van der Waals surface area contributed by atoms with Gasteiger partial charge < -0.3 is 10.1 Å². The normalized spacial score (nSPS) is 17.3. The zero-order valence-corrected chi connectivity index (χ0v) is 13.5. The molecule has 1 heterocycles. The van der Waals surface area contributed by atoms with Crippen molar-refractivity contribution in [2.24, 2.45) is 0 Å². The third kappa shape index (κ3) is 4.53. The predicted octanol–water partition coefficient (Wildman–Crippen LogP) is 1.70. The molecule has 2 rings (SSSR count). The molecule has 2 N–H and O–H groups in total. The van der Waals surface area contributed by atoms with Gasteiger partial charge in [0.1, 0.15) is 0 Å². The lowest BCUT2D eigenvalue weighted by Gasteiger charge is -2.13. The van der Waals surface area contributed by atoms with Gasteiger partial charge in [-0.3, -0.25) is 0 Å². The van der Waals surface area contributed by atoms with Crippen LogP contribution < -0.4 is 10.0 Å². The minimum Gasteiger partial charge on any atom is -0.377 e. The standard InChI is InChI=1S/C13H22N2O3S2/c1-3-18-10(2)8-15-20(16,17)13-6-7-19-12(13)9-14-11-4-5-11/h6-7,10-11,14-15H,3-5,8-9H2,1-2H3. The number of hydrogen-bond donors (Lipinski definition) is 2. The number of nitrogens with one attached hydrogen (secondary N) is 2. The third-order valence-electron chi connectivity index (χ3n) is 3.13. The average molecular weight is 318 g/mol. The molecular formula is C13H22N2O3S2. The lowest BCUT2D eigenvalue weighted by molar-refractivity contribution is 0.0799. The summed E-state index contributed by atoms with van der Waals surface area (Å²) in [5.41, 5.74) is 0. The van der Waals surface area contributed by atoms with Crippen LogP contribution in [-0.2, 0) is 21.3 Å². The molecule has 0 spiro atoms. The molecule has 5 nitrogen and oxygen atoms in total. The van der Waals surface area contributed by atoms with Crippen molar-refractivity contribution in [3.8, 4) is 0 Å². The molecule has 0 amide bonds. The topological polar surface area (TPSA) is 67.4 Å². The van der Waals surface area contributed by atoms with E-state index in [1.807, 2.05) is 19.2 Å². The highest BCUT2D eigenvalue weighted by Gasteiger charge is 2.24. The lowest BCUT2D eigenvalue weighted by Crippen LogP contribution is -2.32. The first-order chi connectivity index (χ1) is 9.53. The Morgan fingerprint density at radius 1 is 1.50 bits per heavy atom. The number of thiophene rings is 1. The third-order valence-corrected chi connectivity index (χ3v) is 5.69. The van der Waals surface area contributed by atoms with Crippen LogP contribution in [0.4, 0.5) is 0 Å². The van der Waals surface area contributed by atoms with Crippen LogP contribution in [0.5, 0.6) is 0 Å². The average Bonchev–Trinajstić information content (AvgIpc) is 3.10. The largest absolute Gasteiger partial charge is 0.377 e. The molecule has 0 aliphatic heterocycles. The Bertz CT molecular complexity index is 523. The van der Waals surface area contributed by atoms with E-state index in [4.69, 9.17) is 4.74 Å². The van der Waals surface area contributed by atoms with E-state index >= 15 is 0 Å². The Balaban J connectivity index is 1.95. The minimum absolute atomic E-state index is 0.124. The summed E-state index contributed by atoms with van der Waals surface area (Å²) in [6, 6.07) is 2.24. The molecular weight excluding hydrogens is 296 g/mol. The van der Waals surface area contributed by atoms with E-state index in [1.54, 1.807) is 6.07 Å². The van der Waals surface area contributed by atoms with Crippen molar-refractivity contribution in [3.05, 3.63) is 16.3 Å². The van der Waals surface area contributed by atoms with Gasteiger partial charge in [0.15, 0.2) is 0 Å². The van der Waals surface area contributed by atoms with E-state index in [0.29, 0.717) is 30.6 Å². The van der Waals surface area contributed by atoms with Gasteiger partial charge in [-0.15, -0.1) is 11.3 Å². The summed E-state index contributed by atoms with van der Waals surface area (Å²) in [6.07, 6.45) is 2.26. The number of hydrogen-bond acceptors (Lipinski definition) is 5. The van der Waals surface area contributed by atoms with Crippen LogP contribution in [0, 0.1) is 0 Å². The molecule has 114 valence electrons. The van der Waals surface area contributed by atoms with Gasteiger partial charge in [-0.05, 0) is 38.1 Å². The van der Waals surface area contributed by atoms with Crippen molar-refractivity contribution >= 4 is 21.4 Å². The van der Waals surface area contributed by atoms with Crippen LogP contribution in [0.15, 0.2) is 16.3 Å². The maximum absolute atomic E-state index is 12.3. The van der Waals surface area contributed by atoms with Gasteiger partial charge >= 0.3 is 0 Å². The second kappa shape index (κ2) is 7.00. The van der Waals surface area contributed by atoms with Gasteiger partial charge in [-0.2, -0.15) is 0 Å². The Hall–Kier alpha value is -0.470. The van der Waals surface area contributed by atoms with Gasteiger partial charge in [0.25, 0.3) is 0 Å². The van der Waals surface area contributed by atoms with Crippen LogP contribution in [0.3, 0.4) is 0 Å². The van der Waals surface area contributed by atoms with Gasteiger partial charge in [-0.1, -0.05) is 0 Å². The van der Waals surface area contributed by atoms with Crippen molar-refractivity contribution < 1.29 is 13.2 Å². The molecule has 1 unspecified atom stereocenters. The molecule has 1 aliphatic rings. The highest BCUT2D eigenvalue weighted by Crippen LogP contribution is 2.24. The summed E-state index contributed by atoms with van der Waals surface area (Å²) in [7, 11) is -3.45. The van der Waals surface area contributed by atoms with E-state index in [1.165, 1.54) is 24.2 Å². The molecule has 1 aromatic rings. The van der Waals surface area contributed by atoms with E-state index in [2.05, 4.69) is 10.0 Å². The molecule has 20 heavy (non-hydrogen) atoms. The monoisotopic (exact) mass is 318 g/mol. The summed E-state index contributed by atoms with van der Waals surface area (Å²) in [5.74, 6) is 0. The Kier molecular flexibility index (Phi) is 5.57. The van der Waals surface area contributed by atoms with E-state index in [9.17, 15) is 8.42 Å². The first-order valence-corrected chi connectivity index (χ1v) is 9.30. The van der Waals surface area contributed by atoms with E-state index in [0.717, 1.165) is 4.88 Å². The fourth-order valence-corrected chi connectivity index (χ4v) is 4.38. The first-order valence-electron chi connectivity index (χ1n) is 6.94. The zero-order valence-electron chi connectivity index (χ0n) is 11.9. The zero-order chi connectivity index (χ0) is 14.6. The summed E-state index contributed by atoms with van der Waals surface area (Å²) >= 11 is 1.48. The molecule has 1 fully saturated rings. The second-order valence-electron chi connectivity index (χ2n) is 4.98. The lowest BCUT2D eigenvalue weighted by atomic mass is 10.4. The summed E-state index contributed by atoms with van der Waals surface area (Å²) in [5, 5.41) is 5.17. The predicted molar refractivity (Wildman–Crippen MR) is 80.5 cm³/mol. The first kappa shape index (κ1) is 15.9. The minimum atomic E-state index is -3.45. The number of rotatable bonds is 9. The SMILES string of the molecule is CCOC(C)CNS(=O)(=O)c1ccsc1CNC1CC1. The summed E-state index contributed by atoms with van der Waals surface area (Å²) in [6.45, 7) is 5.25.